The number of carbonyl (C=O) groups is 1. The molecule has 8 heteroatoms. The topological polar surface area (TPSA) is 67.2 Å². The van der Waals surface area contributed by atoms with Crippen LogP contribution in [0.4, 0.5) is 19.3 Å². The van der Waals surface area contributed by atoms with E-state index in [-0.39, 0.29) is 23.0 Å². The summed E-state index contributed by atoms with van der Waals surface area (Å²) in [7, 11) is 0. The number of rotatable bonds is 5. The van der Waals surface area contributed by atoms with E-state index in [0.717, 1.165) is 28.8 Å². The van der Waals surface area contributed by atoms with Gasteiger partial charge in [-0.2, -0.15) is 0 Å². The van der Waals surface area contributed by atoms with E-state index in [2.05, 4.69) is 10.3 Å². The SMILES string of the molecule is CC(c1ccccc1)N(C(=O)Nc1ccccc1-c1ccccc1)C1CCn2c1nc1cc(F)c(F)cc1c2=O. The molecule has 2 heterocycles. The van der Waals surface area contributed by atoms with Crippen molar-refractivity contribution in [2.45, 2.75) is 32.0 Å². The first-order valence-corrected chi connectivity index (χ1v) is 13.1. The van der Waals surface area contributed by atoms with Crippen LogP contribution in [0.2, 0.25) is 0 Å². The number of nitrogens with zero attached hydrogens (tertiary/aromatic N) is 3. The van der Waals surface area contributed by atoms with E-state index < -0.39 is 23.2 Å². The Labute approximate surface area is 229 Å². The van der Waals surface area contributed by atoms with Crippen molar-refractivity contribution in [1.29, 1.82) is 0 Å². The third-order valence-electron chi connectivity index (χ3n) is 7.47. The number of urea groups is 1. The summed E-state index contributed by atoms with van der Waals surface area (Å²) >= 11 is 0. The first kappa shape index (κ1) is 25.4. The summed E-state index contributed by atoms with van der Waals surface area (Å²) in [6.45, 7) is 2.22. The predicted octanol–water partition coefficient (Wildman–Crippen LogP) is 7.08. The van der Waals surface area contributed by atoms with Crippen LogP contribution in [0.1, 0.15) is 36.8 Å². The van der Waals surface area contributed by atoms with Crippen molar-refractivity contribution in [3.63, 3.8) is 0 Å². The predicted molar refractivity (Wildman–Crippen MR) is 151 cm³/mol. The molecule has 2 atom stereocenters. The molecule has 5 aromatic rings. The summed E-state index contributed by atoms with van der Waals surface area (Å²) in [5, 5.41) is 3.10. The highest BCUT2D eigenvalue weighted by Gasteiger charge is 2.37. The van der Waals surface area contributed by atoms with Gasteiger partial charge in [0.25, 0.3) is 5.56 Å². The molecule has 2 amide bonds. The standard InChI is InChI=1S/C32H26F2N4O2/c1-20(21-10-4-2-5-11-21)38(32(40)36-27-15-9-8-14-23(27)22-12-6-3-7-13-22)29-16-17-37-30(29)35-28-19-26(34)25(33)18-24(28)31(37)39/h2-15,18-20,29H,16-17H2,1H3,(H,36,40). The van der Waals surface area contributed by atoms with Gasteiger partial charge in [0.2, 0.25) is 0 Å². The van der Waals surface area contributed by atoms with Gasteiger partial charge in [-0.05, 0) is 36.6 Å². The molecular weight excluding hydrogens is 510 g/mol. The third-order valence-corrected chi connectivity index (χ3v) is 7.47. The maximum Gasteiger partial charge on any atom is 0.322 e. The van der Waals surface area contributed by atoms with Gasteiger partial charge in [0, 0.05) is 18.2 Å². The maximum absolute atomic E-state index is 14.1. The fourth-order valence-electron chi connectivity index (χ4n) is 5.47. The smallest absolute Gasteiger partial charge is 0.308 e. The number of carbonyl (C=O) groups excluding carboxylic acids is 1. The average molecular weight is 537 g/mol. The lowest BCUT2D eigenvalue weighted by Crippen LogP contribution is -2.40. The fraction of sp³-hybridized carbons (Fsp3) is 0.156. The number of hydrogen-bond acceptors (Lipinski definition) is 3. The molecule has 0 saturated heterocycles. The lowest BCUT2D eigenvalue weighted by atomic mass is 10.0. The second-order valence-electron chi connectivity index (χ2n) is 9.85. The van der Waals surface area contributed by atoms with Gasteiger partial charge in [-0.15, -0.1) is 0 Å². The van der Waals surface area contributed by atoms with Gasteiger partial charge in [0.15, 0.2) is 11.6 Å². The minimum atomic E-state index is -1.10. The number of amides is 2. The van der Waals surface area contributed by atoms with Gasteiger partial charge in [-0.1, -0.05) is 78.9 Å². The molecule has 2 unspecified atom stereocenters. The van der Waals surface area contributed by atoms with Crippen LogP contribution in [0.3, 0.4) is 0 Å². The maximum atomic E-state index is 14.1. The Balaban J connectivity index is 1.44. The van der Waals surface area contributed by atoms with Crippen LogP contribution < -0.4 is 10.9 Å². The molecule has 0 radical (unpaired) electrons. The first-order valence-electron chi connectivity index (χ1n) is 13.1. The van der Waals surface area contributed by atoms with Crippen LogP contribution in [-0.4, -0.2) is 20.5 Å². The fourth-order valence-corrected chi connectivity index (χ4v) is 5.47. The van der Waals surface area contributed by atoms with Crippen molar-refractivity contribution in [3.05, 3.63) is 130 Å². The Kier molecular flexibility index (Phi) is 6.59. The van der Waals surface area contributed by atoms with Gasteiger partial charge in [0.1, 0.15) is 5.82 Å². The minimum absolute atomic E-state index is 0.00666. The van der Waals surface area contributed by atoms with Crippen molar-refractivity contribution in [3.8, 4) is 11.1 Å². The number of halogens is 2. The van der Waals surface area contributed by atoms with Crippen molar-refractivity contribution < 1.29 is 13.6 Å². The Hall–Kier alpha value is -4.85. The van der Waals surface area contributed by atoms with Crippen molar-refractivity contribution >= 4 is 22.6 Å². The quantitative estimate of drug-likeness (QED) is 0.261. The van der Waals surface area contributed by atoms with Gasteiger partial charge in [-0.25, -0.2) is 18.6 Å². The summed E-state index contributed by atoms with van der Waals surface area (Å²) in [5.74, 6) is -1.83. The molecule has 0 bridgehead atoms. The van der Waals surface area contributed by atoms with E-state index in [1.54, 1.807) is 4.90 Å². The zero-order valence-corrected chi connectivity index (χ0v) is 21.7. The normalized spacial score (nSPS) is 15.0. The first-order chi connectivity index (χ1) is 19.4. The van der Waals surface area contributed by atoms with E-state index in [9.17, 15) is 18.4 Å². The molecule has 6 rings (SSSR count). The number of anilines is 1. The highest BCUT2D eigenvalue weighted by molar-refractivity contribution is 5.95. The van der Waals surface area contributed by atoms with Crippen LogP contribution in [0.5, 0.6) is 0 Å². The second-order valence-corrected chi connectivity index (χ2v) is 9.85. The number of fused-ring (bicyclic) bond motifs is 2. The lowest BCUT2D eigenvalue weighted by Gasteiger charge is -2.34. The molecule has 1 aliphatic heterocycles. The van der Waals surface area contributed by atoms with Crippen molar-refractivity contribution in [1.82, 2.24) is 14.5 Å². The number of para-hydroxylation sites is 1. The molecule has 6 nitrogen and oxygen atoms in total. The summed E-state index contributed by atoms with van der Waals surface area (Å²) in [6, 6.07) is 27.4. The van der Waals surface area contributed by atoms with Gasteiger partial charge in [0.05, 0.1) is 28.7 Å². The van der Waals surface area contributed by atoms with Crippen molar-refractivity contribution in [2.75, 3.05) is 5.32 Å². The monoisotopic (exact) mass is 536 g/mol. The van der Waals surface area contributed by atoms with Gasteiger partial charge < -0.3 is 10.2 Å². The molecule has 4 aromatic carbocycles. The summed E-state index contributed by atoms with van der Waals surface area (Å²) in [5.41, 5.74) is 2.98. The summed E-state index contributed by atoms with van der Waals surface area (Å²) in [6.07, 6.45) is 0.425. The number of hydrogen-bond donors (Lipinski definition) is 1. The largest absolute Gasteiger partial charge is 0.322 e. The Bertz CT molecular complexity index is 1770. The van der Waals surface area contributed by atoms with Crippen LogP contribution in [0.15, 0.2) is 102 Å². The van der Waals surface area contributed by atoms with Crippen LogP contribution >= 0.6 is 0 Å². The minimum Gasteiger partial charge on any atom is -0.308 e. The highest BCUT2D eigenvalue weighted by Crippen LogP contribution is 2.37. The highest BCUT2D eigenvalue weighted by atomic mass is 19.2. The van der Waals surface area contributed by atoms with E-state index in [4.69, 9.17) is 0 Å². The average Bonchev–Trinajstić information content (AvgIpc) is 3.39. The molecule has 0 spiro atoms. The van der Waals surface area contributed by atoms with Crippen LogP contribution in [-0.2, 0) is 6.54 Å². The lowest BCUT2D eigenvalue weighted by molar-refractivity contribution is 0.159. The molecule has 0 saturated carbocycles. The van der Waals surface area contributed by atoms with Crippen LogP contribution in [0.25, 0.3) is 22.0 Å². The van der Waals surface area contributed by atoms with Crippen molar-refractivity contribution in [2.24, 2.45) is 0 Å². The number of nitrogens with one attached hydrogen (secondary N) is 1. The number of aromatic nitrogens is 2. The zero-order valence-electron chi connectivity index (χ0n) is 21.7. The Morgan fingerprint density at radius 1 is 0.950 bits per heavy atom. The van der Waals surface area contributed by atoms with E-state index >= 15 is 0 Å². The molecule has 200 valence electrons. The Morgan fingerprint density at radius 3 is 2.35 bits per heavy atom. The third kappa shape index (κ3) is 4.51. The summed E-state index contributed by atoms with van der Waals surface area (Å²) < 4.78 is 29.5. The Morgan fingerprint density at radius 2 is 1.60 bits per heavy atom. The molecule has 1 N–H and O–H groups in total. The van der Waals surface area contributed by atoms with Gasteiger partial charge in [-0.3, -0.25) is 9.36 Å². The second kappa shape index (κ2) is 10.4. The molecule has 0 fully saturated rings. The molecule has 1 aromatic heterocycles. The molecule has 0 aliphatic carbocycles. The van der Waals surface area contributed by atoms with E-state index in [1.165, 1.54) is 4.57 Å². The summed E-state index contributed by atoms with van der Waals surface area (Å²) in [4.78, 5) is 33.7. The zero-order chi connectivity index (χ0) is 27.8. The van der Waals surface area contributed by atoms with Crippen LogP contribution in [0, 0.1) is 11.6 Å². The van der Waals surface area contributed by atoms with E-state index in [0.29, 0.717) is 24.5 Å². The van der Waals surface area contributed by atoms with Gasteiger partial charge >= 0.3 is 6.03 Å². The number of benzene rings is 4. The molecule has 1 aliphatic rings. The molecule has 40 heavy (non-hydrogen) atoms. The van der Waals surface area contributed by atoms with E-state index in [1.807, 2.05) is 91.9 Å². The molecular formula is C32H26F2N4O2.